The summed E-state index contributed by atoms with van der Waals surface area (Å²) in [4.78, 5) is 0. The second-order valence-electron chi connectivity index (χ2n) is 4.16. The molecule has 1 aromatic carbocycles. The number of halogens is 1. The van der Waals surface area contributed by atoms with E-state index in [0.29, 0.717) is 6.61 Å². The molecule has 0 fully saturated rings. The molecule has 0 aliphatic heterocycles. The summed E-state index contributed by atoms with van der Waals surface area (Å²) in [5.74, 6) is 0.165. The number of hydrogen-bond donors (Lipinski definition) is 1. The molecule has 0 amide bonds. The van der Waals surface area contributed by atoms with Crippen LogP contribution in [-0.4, -0.2) is 18.3 Å². The smallest absolute Gasteiger partial charge is 0.165 e. The van der Waals surface area contributed by atoms with Gasteiger partial charge in [0, 0.05) is 5.92 Å². The maximum absolute atomic E-state index is 13.6. The Balaban J connectivity index is 2.95. The Morgan fingerprint density at radius 1 is 1.38 bits per heavy atom. The van der Waals surface area contributed by atoms with E-state index in [1.54, 1.807) is 6.07 Å². The van der Waals surface area contributed by atoms with Gasteiger partial charge in [0.2, 0.25) is 0 Å². The third kappa shape index (κ3) is 2.95. The summed E-state index contributed by atoms with van der Waals surface area (Å²) in [5, 5.41) is 9.26. The van der Waals surface area contributed by atoms with E-state index in [2.05, 4.69) is 0 Å². The van der Waals surface area contributed by atoms with Crippen LogP contribution < -0.4 is 4.74 Å². The SMILES string of the molecule is CCOc1ccc(C(CO)C(C)C)cc1F. The summed E-state index contributed by atoms with van der Waals surface area (Å²) < 4.78 is 18.7. The van der Waals surface area contributed by atoms with E-state index in [1.165, 1.54) is 6.07 Å². The molecule has 0 radical (unpaired) electrons. The lowest BCUT2D eigenvalue weighted by atomic mass is 9.89. The Bertz CT molecular complexity index is 337. The van der Waals surface area contributed by atoms with Crippen molar-refractivity contribution < 1.29 is 14.2 Å². The zero-order valence-electron chi connectivity index (χ0n) is 10.0. The zero-order chi connectivity index (χ0) is 12.1. The number of benzene rings is 1. The van der Waals surface area contributed by atoms with Gasteiger partial charge >= 0.3 is 0 Å². The van der Waals surface area contributed by atoms with E-state index in [-0.39, 0.29) is 30.0 Å². The van der Waals surface area contributed by atoms with Gasteiger partial charge in [-0.05, 0) is 30.5 Å². The molecule has 0 spiro atoms. The van der Waals surface area contributed by atoms with Gasteiger partial charge in [-0.2, -0.15) is 0 Å². The molecule has 1 atom stereocenters. The molecule has 1 aromatic rings. The predicted molar refractivity (Wildman–Crippen MR) is 62.2 cm³/mol. The van der Waals surface area contributed by atoms with E-state index < -0.39 is 0 Å². The lowest BCUT2D eigenvalue weighted by Crippen LogP contribution is -2.11. The van der Waals surface area contributed by atoms with Gasteiger partial charge in [-0.3, -0.25) is 0 Å². The molecular weight excluding hydrogens is 207 g/mol. The number of ether oxygens (including phenoxy) is 1. The van der Waals surface area contributed by atoms with Gasteiger partial charge in [0.15, 0.2) is 11.6 Å². The molecule has 0 heterocycles. The number of hydrogen-bond acceptors (Lipinski definition) is 2. The summed E-state index contributed by atoms with van der Waals surface area (Å²) in [6, 6.07) is 4.89. The fourth-order valence-corrected chi connectivity index (χ4v) is 1.72. The fraction of sp³-hybridized carbons (Fsp3) is 0.538. The van der Waals surface area contributed by atoms with Crippen LogP contribution in [0.15, 0.2) is 18.2 Å². The van der Waals surface area contributed by atoms with Crippen LogP contribution >= 0.6 is 0 Å². The lowest BCUT2D eigenvalue weighted by molar-refractivity contribution is 0.237. The van der Waals surface area contributed by atoms with Crippen molar-refractivity contribution in [1.29, 1.82) is 0 Å². The molecule has 0 aromatic heterocycles. The first-order valence-electron chi connectivity index (χ1n) is 5.63. The minimum Gasteiger partial charge on any atom is -0.491 e. The zero-order valence-corrected chi connectivity index (χ0v) is 10.0. The Kier molecular flexibility index (Phi) is 4.74. The number of aliphatic hydroxyl groups is 1. The van der Waals surface area contributed by atoms with E-state index in [0.717, 1.165) is 5.56 Å². The van der Waals surface area contributed by atoms with Crippen LogP contribution in [-0.2, 0) is 0 Å². The van der Waals surface area contributed by atoms with Crippen LogP contribution in [0.1, 0.15) is 32.3 Å². The second kappa shape index (κ2) is 5.85. The maximum atomic E-state index is 13.6. The Morgan fingerprint density at radius 2 is 2.06 bits per heavy atom. The van der Waals surface area contributed by atoms with Gasteiger partial charge < -0.3 is 9.84 Å². The van der Waals surface area contributed by atoms with Gasteiger partial charge in [0.05, 0.1) is 13.2 Å². The highest BCUT2D eigenvalue weighted by Crippen LogP contribution is 2.27. The van der Waals surface area contributed by atoms with Crippen LogP contribution in [0, 0.1) is 11.7 Å². The highest BCUT2D eigenvalue weighted by molar-refractivity contribution is 5.31. The largest absolute Gasteiger partial charge is 0.491 e. The fourth-order valence-electron chi connectivity index (χ4n) is 1.72. The molecule has 1 unspecified atom stereocenters. The van der Waals surface area contributed by atoms with Crippen molar-refractivity contribution in [2.24, 2.45) is 5.92 Å². The van der Waals surface area contributed by atoms with E-state index in [4.69, 9.17) is 4.74 Å². The molecule has 0 bridgehead atoms. The average Bonchev–Trinajstić information content (AvgIpc) is 2.22. The van der Waals surface area contributed by atoms with Crippen molar-refractivity contribution in [2.45, 2.75) is 26.7 Å². The number of aliphatic hydroxyl groups excluding tert-OH is 1. The molecule has 0 aliphatic carbocycles. The third-order valence-corrected chi connectivity index (χ3v) is 2.69. The molecular formula is C13H19FO2. The van der Waals surface area contributed by atoms with Crippen LogP contribution in [0.2, 0.25) is 0 Å². The van der Waals surface area contributed by atoms with Crippen molar-refractivity contribution in [3.63, 3.8) is 0 Å². The molecule has 0 saturated carbocycles. The molecule has 0 saturated heterocycles. The van der Waals surface area contributed by atoms with Gasteiger partial charge in [-0.1, -0.05) is 19.9 Å². The monoisotopic (exact) mass is 226 g/mol. The minimum atomic E-state index is -0.363. The van der Waals surface area contributed by atoms with Gasteiger partial charge in [0.25, 0.3) is 0 Å². The Hall–Kier alpha value is -1.09. The Labute approximate surface area is 96.1 Å². The molecule has 90 valence electrons. The average molecular weight is 226 g/mol. The van der Waals surface area contributed by atoms with Crippen molar-refractivity contribution in [1.82, 2.24) is 0 Å². The number of rotatable bonds is 5. The molecule has 2 nitrogen and oxygen atoms in total. The van der Waals surface area contributed by atoms with Crippen LogP contribution in [0.25, 0.3) is 0 Å². The van der Waals surface area contributed by atoms with Crippen molar-refractivity contribution in [3.05, 3.63) is 29.6 Å². The second-order valence-corrected chi connectivity index (χ2v) is 4.16. The summed E-state index contributed by atoms with van der Waals surface area (Å²) in [6.45, 7) is 6.32. The maximum Gasteiger partial charge on any atom is 0.165 e. The first-order valence-corrected chi connectivity index (χ1v) is 5.63. The van der Waals surface area contributed by atoms with Gasteiger partial charge in [-0.15, -0.1) is 0 Å². The topological polar surface area (TPSA) is 29.5 Å². The highest BCUT2D eigenvalue weighted by atomic mass is 19.1. The summed E-state index contributed by atoms with van der Waals surface area (Å²) in [5.41, 5.74) is 0.818. The van der Waals surface area contributed by atoms with Crippen LogP contribution in [0.4, 0.5) is 4.39 Å². The molecule has 0 aliphatic rings. The first kappa shape index (κ1) is 13.0. The van der Waals surface area contributed by atoms with Crippen molar-refractivity contribution in [2.75, 3.05) is 13.2 Å². The molecule has 3 heteroatoms. The van der Waals surface area contributed by atoms with Crippen LogP contribution in [0.3, 0.4) is 0 Å². The summed E-state index contributed by atoms with van der Waals surface area (Å²) in [7, 11) is 0. The highest BCUT2D eigenvalue weighted by Gasteiger charge is 2.16. The minimum absolute atomic E-state index is 0.0230. The van der Waals surface area contributed by atoms with Crippen molar-refractivity contribution in [3.8, 4) is 5.75 Å². The standard InChI is InChI=1S/C13H19FO2/c1-4-16-13-6-5-10(7-12(13)14)11(8-15)9(2)3/h5-7,9,11,15H,4,8H2,1-3H3. The molecule has 1 rings (SSSR count). The predicted octanol–water partition coefficient (Wildman–Crippen LogP) is 2.96. The first-order chi connectivity index (χ1) is 7.60. The van der Waals surface area contributed by atoms with E-state index in [9.17, 15) is 9.50 Å². The quantitative estimate of drug-likeness (QED) is 0.836. The normalized spacial score (nSPS) is 12.9. The summed E-state index contributed by atoms with van der Waals surface area (Å²) in [6.07, 6.45) is 0. The van der Waals surface area contributed by atoms with Gasteiger partial charge in [0.1, 0.15) is 0 Å². The van der Waals surface area contributed by atoms with Crippen LogP contribution in [0.5, 0.6) is 5.75 Å². The lowest BCUT2D eigenvalue weighted by Gasteiger charge is -2.19. The van der Waals surface area contributed by atoms with Gasteiger partial charge in [-0.25, -0.2) is 4.39 Å². The molecule has 16 heavy (non-hydrogen) atoms. The third-order valence-electron chi connectivity index (χ3n) is 2.69. The Morgan fingerprint density at radius 3 is 2.50 bits per heavy atom. The van der Waals surface area contributed by atoms with E-state index in [1.807, 2.05) is 26.8 Å². The summed E-state index contributed by atoms with van der Waals surface area (Å²) >= 11 is 0. The van der Waals surface area contributed by atoms with E-state index >= 15 is 0 Å². The van der Waals surface area contributed by atoms with Crippen molar-refractivity contribution >= 4 is 0 Å². The molecule has 1 N–H and O–H groups in total.